The molecule has 1 unspecified atom stereocenters. The van der Waals surface area contributed by atoms with Crippen molar-refractivity contribution in [2.45, 2.75) is 19.4 Å². The first kappa shape index (κ1) is 12.9. The summed E-state index contributed by atoms with van der Waals surface area (Å²) >= 11 is 2.21. The van der Waals surface area contributed by atoms with Gasteiger partial charge in [0.1, 0.15) is 0 Å². The monoisotopic (exact) mass is 358 g/mol. The first-order chi connectivity index (χ1) is 8.58. The minimum atomic E-state index is -0.869. The van der Waals surface area contributed by atoms with Gasteiger partial charge in [0, 0.05) is 9.13 Å². The lowest BCUT2D eigenvalue weighted by Crippen LogP contribution is -2.13. The predicted octanol–water partition coefficient (Wildman–Crippen LogP) is 1.98. The number of halogens is 1. The molecule has 7 heteroatoms. The second-order valence-corrected chi connectivity index (χ2v) is 5.15. The lowest BCUT2D eigenvalue weighted by Gasteiger charge is -2.11. The fourth-order valence-electron chi connectivity index (χ4n) is 1.65. The Balaban J connectivity index is 2.35. The van der Waals surface area contributed by atoms with Crippen molar-refractivity contribution < 1.29 is 9.90 Å². The molecule has 0 saturated carbocycles. The molecule has 0 bridgehead atoms. The molecule has 1 heterocycles. The highest BCUT2D eigenvalue weighted by Crippen LogP contribution is 2.22. The summed E-state index contributed by atoms with van der Waals surface area (Å²) in [7, 11) is 0. The van der Waals surface area contributed by atoms with Crippen LogP contribution in [0.1, 0.15) is 19.4 Å². The molecule has 0 fully saturated rings. The number of hydrogen-bond acceptors (Lipinski definition) is 4. The van der Waals surface area contributed by atoms with Crippen molar-refractivity contribution >= 4 is 28.6 Å². The highest BCUT2D eigenvalue weighted by atomic mass is 127. The molecule has 1 aromatic carbocycles. The van der Waals surface area contributed by atoms with Gasteiger partial charge >= 0.3 is 5.97 Å². The fourth-order valence-corrected chi connectivity index (χ4v) is 2.19. The van der Waals surface area contributed by atoms with E-state index < -0.39 is 5.97 Å². The van der Waals surface area contributed by atoms with Gasteiger partial charge in [0.25, 0.3) is 0 Å². The summed E-state index contributed by atoms with van der Waals surface area (Å²) in [5, 5.41) is 20.3. The first-order valence-electron chi connectivity index (χ1n) is 5.33. The van der Waals surface area contributed by atoms with Crippen LogP contribution in [0.5, 0.6) is 0 Å². The largest absolute Gasteiger partial charge is 0.481 e. The standard InChI is InChI=1S/C11H11IN4O2/c1-7(5-10(17)18)16-11(13-14-15-16)8-3-2-4-9(12)6-8/h2-4,6-7H,5H2,1H3,(H,17,18). The Morgan fingerprint density at radius 1 is 1.56 bits per heavy atom. The second-order valence-electron chi connectivity index (χ2n) is 3.90. The number of aliphatic carboxylic acids is 1. The van der Waals surface area contributed by atoms with Crippen LogP contribution in [0.25, 0.3) is 11.4 Å². The quantitative estimate of drug-likeness (QED) is 0.846. The molecule has 1 N–H and O–H groups in total. The number of carbonyl (C=O) groups is 1. The van der Waals surface area contributed by atoms with E-state index in [1.807, 2.05) is 24.3 Å². The summed E-state index contributed by atoms with van der Waals surface area (Å²) in [6.45, 7) is 1.78. The third-order valence-electron chi connectivity index (χ3n) is 2.46. The molecule has 0 saturated heterocycles. The molecule has 18 heavy (non-hydrogen) atoms. The molecule has 0 aliphatic heterocycles. The van der Waals surface area contributed by atoms with Crippen LogP contribution >= 0.6 is 22.6 Å². The number of carboxylic acid groups (broad SMARTS) is 1. The number of benzene rings is 1. The van der Waals surface area contributed by atoms with Crippen molar-refractivity contribution in [3.63, 3.8) is 0 Å². The van der Waals surface area contributed by atoms with Crippen LogP contribution in [0.2, 0.25) is 0 Å². The van der Waals surface area contributed by atoms with E-state index >= 15 is 0 Å². The van der Waals surface area contributed by atoms with Gasteiger partial charge < -0.3 is 5.11 Å². The van der Waals surface area contributed by atoms with Gasteiger partial charge in [-0.3, -0.25) is 4.79 Å². The molecule has 0 aliphatic carbocycles. The average Bonchev–Trinajstić information content (AvgIpc) is 2.76. The van der Waals surface area contributed by atoms with Gasteiger partial charge in [0.2, 0.25) is 0 Å². The SMILES string of the molecule is CC(CC(=O)O)n1nnnc1-c1cccc(I)c1. The van der Waals surface area contributed by atoms with E-state index in [1.54, 1.807) is 11.6 Å². The van der Waals surface area contributed by atoms with E-state index in [0.717, 1.165) is 9.13 Å². The van der Waals surface area contributed by atoms with E-state index in [0.29, 0.717) is 5.82 Å². The number of carboxylic acids is 1. The molecular weight excluding hydrogens is 347 g/mol. The summed E-state index contributed by atoms with van der Waals surface area (Å²) in [6.07, 6.45) is -0.0119. The fraction of sp³-hybridized carbons (Fsp3) is 0.273. The van der Waals surface area contributed by atoms with Crippen molar-refractivity contribution in [3.05, 3.63) is 27.8 Å². The Morgan fingerprint density at radius 2 is 2.33 bits per heavy atom. The van der Waals surface area contributed by atoms with Gasteiger partial charge in [-0.05, 0) is 52.1 Å². The minimum Gasteiger partial charge on any atom is -0.481 e. The summed E-state index contributed by atoms with van der Waals surface area (Å²) in [6, 6.07) is 7.45. The summed E-state index contributed by atoms with van der Waals surface area (Å²) in [5.74, 6) is -0.283. The van der Waals surface area contributed by atoms with Crippen molar-refractivity contribution in [2.24, 2.45) is 0 Å². The number of tetrazole rings is 1. The Kier molecular flexibility index (Phi) is 3.90. The van der Waals surface area contributed by atoms with Crippen LogP contribution in [0.4, 0.5) is 0 Å². The van der Waals surface area contributed by atoms with Crippen LogP contribution < -0.4 is 0 Å². The molecule has 2 aromatic rings. The summed E-state index contributed by atoms with van der Waals surface area (Å²) < 4.78 is 2.62. The van der Waals surface area contributed by atoms with E-state index in [-0.39, 0.29) is 12.5 Å². The third kappa shape index (κ3) is 2.84. The van der Waals surface area contributed by atoms with Gasteiger partial charge in [-0.25, -0.2) is 4.68 Å². The number of nitrogens with zero attached hydrogens (tertiary/aromatic N) is 4. The maximum atomic E-state index is 10.7. The Labute approximate surface area is 117 Å². The van der Waals surface area contributed by atoms with E-state index in [1.165, 1.54) is 0 Å². The zero-order chi connectivity index (χ0) is 13.1. The highest BCUT2D eigenvalue weighted by Gasteiger charge is 2.17. The molecular formula is C11H11IN4O2. The van der Waals surface area contributed by atoms with Crippen LogP contribution in [0.15, 0.2) is 24.3 Å². The van der Waals surface area contributed by atoms with Crippen LogP contribution in [-0.4, -0.2) is 31.3 Å². The van der Waals surface area contributed by atoms with Crippen molar-refractivity contribution in [1.82, 2.24) is 20.2 Å². The van der Waals surface area contributed by atoms with Crippen LogP contribution in [0.3, 0.4) is 0 Å². The van der Waals surface area contributed by atoms with Gasteiger partial charge in [-0.2, -0.15) is 0 Å². The van der Waals surface area contributed by atoms with Gasteiger partial charge in [-0.15, -0.1) is 5.10 Å². The van der Waals surface area contributed by atoms with Crippen LogP contribution in [0, 0.1) is 3.57 Å². The number of aromatic nitrogens is 4. The summed E-state index contributed by atoms with van der Waals surface area (Å²) in [4.78, 5) is 10.7. The smallest absolute Gasteiger partial charge is 0.305 e. The molecule has 0 aliphatic rings. The topological polar surface area (TPSA) is 80.9 Å². The van der Waals surface area contributed by atoms with E-state index in [4.69, 9.17) is 5.11 Å². The zero-order valence-corrected chi connectivity index (χ0v) is 11.8. The molecule has 94 valence electrons. The van der Waals surface area contributed by atoms with Gasteiger partial charge in [-0.1, -0.05) is 12.1 Å². The lowest BCUT2D eigenvalue weighted by molar-refractivity contribution is -0.137. The molecule has 2 rings (SSSR count). The zero-order valence-electron chi connectivity index (χ0n) is 9.62. The molecule has 1 aromatic heterocycles. The molecule has 1 atom stereocenters. The van der Waals surface area contributed by atoms with Gasteiger partial charge in [0.15, 0.2) is 5.82 Å². The van der Waals surface area contributed by atoms with Crippen molar-refractivity contribution in [2.75, 3.05) is 0 Å². The number of hydrogen-bond donors (Lipinski definition) is 1. The number of rotatable bonds is 4. The normalized spacial score (nSPS) is 12.3. The maximum Gasteiger partial charge on any atom is 0.305 e. The van der Waals surface area contributed by atoms with E-state index in [2.05, 4.69) is 38.1 Å². The minimum absolute atomic E-state index is 0.0119. The average molecular weight is 358 g/mol. The molecule has 0 amide bonds. The first-order valence-corrected chi connectivity index (χ1v) is 6.41. The van der Waals surface area contributed by atoms with Crippen LogP contribution in [-0.2, 0) is 4.79 Å². The highest BCUT2D eigenvalue weighted by molar-refractivity contribution is 14.1. The van der Waals surface area contributed by atoms with E-state index in [9.17, 15) is 4.79 Å². The van der Waals surface area contributed by atoms with Gasteiger partial charge in [0.05, 0.1) is 12.5 Å². The lowest BCUT2D eigenvalue weighted by atomic mass is 10.2. The predicted molar refractivity (Wildman–Crippen MR) is 72.9 cm³/mol. The second kappa shape index (κ2) is 5.42. The molecule has 0 spiro atoms. The maximum absolute atomic E-state index is 10.7. The Hall–Kier alpha value is -1.51. The van der Waals surface area contributed by atoms with Crippen molar-refractivity contribution in [3.8, 4) is 11.4 Å². The molecule has 0 radical (unpaired) electrons. The molecule has 6 nitrogen and oxygen atoms in total. The Morgan fingerprint density at radius 3 is 3.00 bits per heavy atom. The van der Waals surface area contributed by atoms with Crippen molar-refractivity contribution in [1.29, 1.82) is 0 Å². The Bertz CT molecular complexity index is 570. The third-order valence-corrected chi connectivity index (χ3v) is 3.13. The summed E-state index contributed by atoms with van der Waals surface area (Å²) in [5.41, 5.74) is 0.879.